The number of nitrogens with zero attached hydrogens (tertiary/aromatic N) is 1. The first-order valence-corrected chi connectivity index (χ1v) is 6.99. The van der Waals surface area contributed by atoms with Crippen molar-refractivity contribution >= 4 is 19.7 Å². The predicted molar refractivity (Wildman–Crippen MR) is 59.0 cm³/mol. The van der Waals surface area contributed by atoms with Gasteiger partial charge in [0.25, 0.3) is 9.05 Å². The molecule has 0 bridgehead atoms. The number of hydrogen-bond donors (Lipinski definition) is 0. The fourth-order valence-corrected chi connectivity index (χ4v) is 2.01. The fourth-order valence-electron chi connectivity index (χ4n) is 1.32. The van der Waals surface area contributed by atoms with Crippen molar-refractivity contribution in [3.8, 4) is 0 Å². The van der Waals surface area contributed by atoms with Crippen LogP contribution in [0.25, 0.3) is 0 Å². The maximum absolute atomic E-state index is 12.9. The smallest absolute Gasteiger partial charge is 0.350 e. The first kappa shape index (κ1) is 16.2. The van der Waals surface area contributed by atoms with Crippen molar-refractivity contribution in [2.45, 2.75) is 17.4 Å². The van der Waals surface area contributed by atoms with Crippen molar-refractivity contribution in [3.05, 3.63) is 23.5 Å². The Balaban J connectivity index is 3.50. The van der Waals surface area contributed by atoms with E-state index in [1.807, 2.05) is 0 Å². The van der Waals surface area contributed by atoms with E-state index >= 15 is 0 Å². The van der Waals surface area contributed by atoms with Gasteiger partial charge in [0.2, 0.25) is 6.29 Å². The Morgan fingerprint density at radius 1 is 1.32 bits per heavy atom. The lowest BCUT2D eigenvalue weighted by molar-refractivity contribution is -0.149. The quantitative estimate of drug-likeness (QED) is 0.629. The van der Waals surface area contributed by atoms with Crippen LogP contribution in [-0.4, -0.2) is 27.6 Å². The van der Waals surface area contributed by atoms with E-state index in [9.17, 15) is 21.6 Å². The largest absolute Gasteiger partial charge is 0.418 e. The monoisotopic (exact) mass is 319 g/mol. The molecule has 0 aliphatic rings. The van der Waals surface area contributed by atoms with E-state index in [1.165, 1.54) is 0 Å². The number of ether oxygens (including phenoxy) is 2. The van der Waals surface area contributed by atoms with E-state index in [0.717, 1.165) is 14.2 Å². The third kappa shape index (κ3) is 3.78. The van der Waals surface area contributed by atoms with Crippen molar-refractivity contribution in [2.24, 2.45) is 0 Å². The summed E-state index contributed by atoms with van der Waals surface area (Å²) >= 11 is 0. The summed E-state index contributed by atoms with van der Waals surface area (Å²) in [4.78, 5) is 2.67. The molecule has 0 aromatic carbocycles. The van der Waals surface area contributed by atoms with Crippen molar-refractivity contribution in [2.75, 3.05) is 14.2 Å². The van der Waals surface area contributed by atoms with Gasteiger partial charge in [-0.1, -0.05) is 0 Å². The van der Waals surface area contributed by atoms with Crippen molar-refractivity contribution < 1.29 is 31.1 Å². The van der Waals surface area contributed by atoms with Gasteiger partial charge in [0, 0.05) is 31.1 Å². The zero-order chi connectivity index (χ0) is 14.8. The van der Waals surface area contributed by atoms with Gasteiger partial charge in [-0.3, -0.25) is 4.98 Å². The van der Waals surface area contributed by atoms with E-state index in [-0.39, 0.29) is 0 Å². The summed E-state index contributed by atoms with van der Waals surface area (Å²) in [5.41, 5.74) is -1.87. The number of methoxy groups -OCH3 is 2. The van der Waals surface area contributed by atoms with Gasteiger partial charge in [0.1, 0.15) is 10.6 Å². The van der Waals surface area contributed by atoms with Crippen LogP contribution in [0, 0.1) is 0 Å². The standard InChI is InChI=1S/C9H9ClF3NO4S/c1-17-8(18-2)7-6(9(11,12)13)3-5(4-14-7)19(10,15)16/h3-4,8H,1-2H3. The lowest BCUT2D eigenvalue weighted by Crippen LogP contribution is -2.17. The van der Waals surface area contributed by atoms with Crippen LogP contribution in [0.2, 0.25) is 0 Å². The second-order valence-corrected chi connectivity index (χ2v) is 5.91. The molecule has 0 aliphatic heterocycles. The molecule has 10 heteroatoms. The van der Waals surface area contributed by atoms with Gasteiger partial charge in [0.15, 0.2) is 0 Å². The average Bonchev–Trinajstić information content (AvgIpc) is 2.28. The normalized spacial score (nSPS) is 13.0. The van der Waals surface area contributed by atoms with E-state index in [1.54, 1.807) is 0 Å². The SMILES string of the molecule is COC(OC)c1ncc(S(=O)(=O)Cl)cc1C(F)(F)F. The summed E-state index contributed by atoms with van der Waals surface area (Å²) in [5.74, 6) is 0. The highest BCUT2D eigenvalue weighted by Gasteiger charge is 2.37. The summed E-state index contributed by atoms with van der Waals surface area (Å²) in [5, 5.41) is 0. The van der Waals surface area contributed by atoms with Crippen LogP contribution in [0.4, 0.5) is 13.2 Å². The number of alkyl halides is 3. The molecule has 0 spiro atoms. The Bertz CT molecular complexity index is 557. The van der Waals surface area contributed by atoms with Crippen LogP contribution in [0.3, 0.4) is 0 Å². The van der Waals surface area contributed by atoms with Crippen molar-refractivity contribution in [1.29, 1.82) is 0 Å². The van der Waals surface area contributed by atoms with Gasteiger partial charge >= 0.3 is 6.18 Å². The molecule has 1 aromatic rings. The molecule has 1 rings (SSSR count). The second kappa shape index (κ2) is 5.61. The van der Waals surface area contributed by atoms with E-state index in [0.29, 0.717) is 12.3 Å². The minimum Gasteiger partial charge on any atom is -0.350 e. The number of halogens is 4. The van der Waals surface area contributed by atoms with Crippen LogP contribution >= 0.6 is 10.7 Å². The molecular weight excluding hydrogens is 311 g/mol. The molecule has 0 radical (unpaired) electrons. The van der Waals surface area contributed by atoms with Crippen molar-refractivity contribution in [1.82, 2.24) is 4.98 Å². The van der Waals surface area contributed by atoms with Crippen LogP contribution in [0.15, 0.2) is 17.2 Å². The van der Waals surface area contributed by atoms with Crippen LogP contribution < -0.4 is 0 Å². The Morgan fingerprint density at radius 3 is 2.21 bits per heavy atom. The minimum atomic E-state index is -4.82. The molecule has 0 saturated carbocycles. The Hall–Kier alpha value is -0.900. The third-order valence-corrected chi connectivity index (χ3v) is 3.45. The Labute approximate surface area is 111 Å². The van der Waals surface area contributed by atoms with Gasteiger partial charge in [-0.2, -0.15) is 13.2 Å². The van der Waals surface area contributed by atoms with Crippen LogP contribution in [0.5, 0.6) is 0 Å². The first-order valence-electron chi connectivity index (χ1n) is 4.68. The van der Waals surface area contributed by atoms with Crippen LogP contribution in [-0.2, 0) is 24.7 Å². The minimum absolute atomic E-state index is 0.385. The molecule has 0 amide bonds. The molecule has 0 atom stereocenters. The molecule has 1 aromatic heterocycles. The molecule has 0 N–H and O–H groups in total. The predicted octanol–water partition coefficient (Wildman–Crippen LogP) is 2.32. The zero-order valence-corrected chi connectivity index (χ0v) is 11.3. The fraction of sp³-hybridized carbons (Fsp3) is 0.444. The maximum atomic E-state index is 12.9. The molecule has 1 heterocycles. The average molecular weight is 320 g/mol. The third-order valence-electron chi connectivity index (χ3n) is 2.13. The summed E-state index contributed by atoms with van der Waals surface area (Å²) in [6.45, 7) is 0. The lowest BCUT2D eigenvalue weighted by Gasteiger charge is -2.18. The van der Waals surface area contributed by atoms with Gasteiger partial charge in [-0.15, -0.1) is 0 Å². The summed E-state index contributed by atoms with van der Waals surface area (Å²) in [7, 11) is 2.92. The molecular formula is C9H9ClF3NO4S. The highest BCUT2D eigenvalue weighted by atomic mass is 35.7. The summed E-state index contributed by atoms with van der Waals surface area (Å²) in [6, 6.07) is 0.385. The highest BCUT2D eigenvalue weighted by Crippen LogP contribution is 2.36. The molecule has 0 unspecified atom stereocenters. The Kier molecular flexibility index (Phi) is 4.77. The van der Waals surface area contributed by atoms with Crippen LogP contribution in [0.1, 0.15) is 17.5 Å². The van der Waals surface area contributed by atoms with E-state index in [4.69, 9.17) is 10.7 Å². The lowest BCUT2D eigenvalue weighted by atomic mass is 10.2. The molecule has 0 saturated heterocycles. The highest BCUT2D eigenvalue weighted by molar-refractivity contribution is 8.13. The number of rotatable bonds is 4. The van der Waals surface area contributed by atoms with Crippen molar-refractivity contribution in [3.63, 3.8) is 0 Å². The van der Waals surface area contributed by atoms with E-state index in [2.05, 4.69) is 14.5 Å². The zero-order valence-electron chi connectivity index (χ0n) is 9.73. The number of hydrogen-bond acceptors (Lipinski definition) is 5. The van der Waals surface area contributed by atoms with Gasteiger partial charge < -0.3 is 9.47 Å². The molecule has 5 nitrogen and oxygen atoms in total. The summed E-state index contributed by atoms with van der Waals surface area (Å²) in [6.07, 6.45) is -5.49. The number of aromatic nitrogens is 1. The van der Waals surface area contributed by atoms with Gasteiger partial charge in [0.05, 0.1) is 5.56 Å². The molecule has 19 heavy (non-hydrogen) atoms. The second-order valence-electron chi connectivity index (χ2n) is 3.34. The van der Waals surface area contributed by atoms with E-state index < -0.39 is 37.7 Å². The summed E-state index contributed by atoms with van der Waals surface area (Å²) < 4.78 is 70.0. The molecule has 0 fully saturated rings. The Morgan fingerprint density at radius 2 is 1.84 bits per heavy atom. The molecule has 0 aliphatic carbocycles. The van der Waals surface area contributed by atoms with Gasteiger partial charge in [-0.05, 0) is 6.07 Å². The topological polar surface area (TPSA) is 65.5 Å². The molecule has 108 valence electrons. The first-order chi connectivity index (χ1) is 8.61. The number of pyridine rings is 1. The van der Waals surface area contributed by atoms with Gasteiger partial charge in [-0.25, -0.2) is 8.42 Å². The maximum Gasteiger partial charge on any atom is 0.418 e.